The second-order valence-corrected chi connectivity index (χ2v) is 5.93. The number of hydrogen-bond donors (Lipinski definition) is 3. The maximum Gasteiger partial charge on any atom is 0.352 e. The molecule has 1 aromatic rings. The Kier molecular flexibility index (Phi) is 5.52. The van der Waals surface area contributed by atoms with Crippen LogP contribution < -0.4 is 4.72 Å². The van der Waals surface area contributed by atoms with E-state index in [1.54, 1.807) is 0 Å². The number of aliphatic hydroxyl groups excluding tert-OH is 1. The maximum atomic E-state index is 11.9. The van der Waals surface area contributed by atoms with Gasteiger partial charge in [0.05, 0.1) is 0 Å². The van der Waals surface area contributed by atoms with Crippen molar-refractivity contribution in [1.82, 2.24) is 9.29 Å². The van der Waals surface area contributed by atoms with Crippen LogP contribution in [0.5, 0.6) is 0 Å². The molecule has 0 saturated heterocycles. The molecule has 19 heavy (non-hydrogen) atoms. The smallest absolute Gasteiger partial charge is 0.352 e. The van der Waals surface area contributed by atoms with Crippen molar-refractivity contribution in [2.75, 3.05) is 13.2 Å². The lowest BCUT2D eigenvalue weighted by molar-refractivity contribution is 0.0686. The molecule has 108 valence electrons. The summed E-state index contributed by atoms with van der Waals surface area (Å²) in [6.45, 7) is 0.354. The number of unbranched alkanes of at least 4 members (excludes halogenated alkanes) is 2. The Labute approximate surface area is 111 Å². The Morgan fingerprint density at radius 2 is 2.05 bits per heavy atom. The van der Waals surface area contributed by atoms with E-state index in [0.29, 0.717) is 12.8 Å². The topological polar surface area (TPSA) is 109 Å². The van der Waals surface area contributed by atoms with E-state index >= 15 is 0 Å². The first kappa shape index (κ1) is 15.7. The van der Waals surface area contributed by atoms with Crippen LogP contribution in [-0.2, 0) is 17.1 Å². The molecule has 0 spiro atoms. The summed E-state index contributed by atoms with van der Waals surface area (Å²) in [7, 11) is -2.20. The number of nitrogens with zero attached hydrogens (tertiary/aromatic N) is 1. The number of carbonyl (C=O) groups is 1. The molecule has 0 atom stereocenters. The molecule has 3 N–H and O–H groups in total. The van der Waals surface area contributed by atoms with Gasteiger partial charge in [-0.25, -0.2) is 17.9 Å². The van der Waals surface area contributed by atoms with Gasteiger partial charge >= 0.3 is 5.97 Å². The molecule has 0 amide bonds. The fourth-order valence-corrected chi connectivity index (χ4v) is 2.74. The Morgan fingerprint density at radius 3 is 2.58 bits per heavy atom. The summed E-state index contributed by atoms with van der Waals surface area (Å²) >= 11 is 0. The Bertz CT molecular complexity index is 535. The third-order valence-corrected chi connectivity index (χ3v) is 4.06. The SMILES string of the molecule is Cn1cc(S(=O)(=O)NCCCCCO)cc1C(=O)O. The molecule has 0 radical (unpaired) electrons. The monoisotopic (exact) mass is 290 g/mol. The number of sulfonamides is 1. The molecule has 7 nitrogen and oxygen atoms in total. The summed E-state index contributed by atoms with van der Waals surface area (Å²) in [6, 6.07) is 1.12. The zero-order valence-electron chi connectivity index (χ0n) is 10.7. The molecule has 1 aromatic heterocycles. The van der Waals surface area contributed by atoms with Crippen LogP contribution in [0.3, 0.4) is 0 Å². The number of aromatic carboxylic acids is 1. The van der Waals surface area contributed by atoms with E-state index in [9.17, 15) is 13.2 Å². The van der Waals surface area contributed by atoms with Gasteiger partial charge in [-0.05, 0) is 25.3 Å². The fraction of sp³-hybridized carbons (Fsp3) is 0.545. The van der Waals surface area contributed by atoms with Crippen molar-refractivity contribution in [3.05, 3.63) is 18.0 Å². The van der Waals surface area contributed by atoms with Crippen molar-refractivity contribution in [1.29, 1.82) is 0 Å². The number of hydrogen-bond acceptors (Lipinski definition) is 4. The van der Waals surface area contributed by atoms with E-state index in [1.807, 2.05) is 0 Å². The molecule has 0 saturated carbocycles. The Hall–Kier alpha value is -1.38. The van der Waals surface area contributed by atoms with Crippen molar-refractivity contribution >= 4 is 16.0 Å². The number of aryl methyl sites for hydroxylation is 1. The van der Waals surface area contributed by atoms with Crippen LogP contribution in [0.1, 0.15) is 29.8 Å². The zero-order chi connectivity index (χ0) is 14.5. The molecule has 0 aromatic carbocycles. The highest BCUT2D eigenvalue weighted by molar-refractivity contribution is 7.89. The molecule has 0 bridgehead atoms. The van der Waals surface area contributed by atoms with Crippen molar-refractivity contribution in [2.24, 2.45) is 7.05 Å². The number of carboxylic acid groups (broad SMARTS) is 1. The summed E-state index contributed by atoms with van der Waals surface area (Å²) in [5, 5.41) is 17.4. The van der Waals surface area contributed by atoms with Gasteiger partial charge in [-0.3, -0.25) is 0 Å². The molecule has 0 fully saturated rings. The summed E-state index contributed by atoms with van der Waals surface area (Å²) in [6.07, 6.45) is 3.25. The van der Waals surface area contributed by atoms with Crippen molar-refractivity contribution in [3.63, 3.8) is 0 Å². The zero-order valence-corrected chi connectivity index (χ0v) is 11.5. The number of carboxylic acids is 1. The third kappa shape index (κ3) is 4.34. The van der Waals surface area contributed by atoms with Crippen molar-refractivity contribution < 1.29 is 23.4 Å². The largest absolute Gasteiger partial charge is 0.477 e. The first-order valence-corrected chi connectivity index (χ1v) is 7.37. The fourth-order valence-electron chi connectivity index (χ4n) is 1.60. The van der Waals surface area contributed by atoms with Crippen LogP contribution in [-0.4, -0.2) is 42.3 Å². The Balaban J connectivity index is 2.67. The van der Waals surface area contributed by atoms with Crippen LogP contribution in [0, 0.1) is 0 Å². The standard InChI is InChI=1S/C11H18N2O5S/c1-13-8-9(7-10(13)11(15)16)19(17,18)12-5-3-2-4-6-14/h7-8,12,14H,2-6H2,1H3,(H,15,16). The normalized spacial score (nSPS) is 11.7. The van der Waals surface area contributed by atoms with E-state index < -0.39 is 16.0 Å². The van der Waals surface area contributed by atoms with Gasteiger partial charge in [0.2, 0.25) is 10.0 Å². The third-order valence-electron chi connectivity index (χ3n) is 2.64. The average Bonchev–Trinajstić information content (AvgIpc) is 2.72. The predicted molar refractivity (Wildman–Crippen MR) is 68.5 cm³/mol. The number of aliphatic hydroxyl groups is 1. The van der Waals surface area contributed by atoms with E-state index in [4.69, 9.17) is 10.2 Å². The van der Waals surface area contributed by atoms with Crippen LogP contribution in [0.25, 0.3) is 0 Å². The lowest BCUT2D eigenvalue weighted by Crippen LogP contribution is -2.24. The predicted octanol–water partition coefficient (Wildman–Crippen LogP) is 0.164. The van der Waals surface area contributed by atoms with Gasteiger partial charge in [-0.2, -0.15) is 0 Å². The summed E-state index contributed by atoms with van der Waals surface area (Å²) in [5.74, 6) is -1.17. The molecule has 0 aliphatic heterocycles. The van der Waals surface area contributed by atoms with Gasteiger partial charge in [0.1, 0.15) is 10.6 Å². The lowest BCUT2D eigenvalue weighted by Gasteiger charge is -2.04. The lowest BCUT2D eigenvalue weighted by atomic mass is 10.2. The minimum atomic E-state index is -3.68. The maximum absolute atomic E-state index is 11.9. The highest BCUT2D eigenvalue weighted by Crippen LogP contribution is 2.13. The highest BCUT2D eigenvalue weighted by atomic mass is 32.2. The van der Waals surface area contributed by atoms with Crippen LogP contribution >= 0.6 is 0 Å². The van der Waals surface area contributed by atoms with Crippen molar-refractivity contribution in [2.45, 2.75) is 24.2 Å². The number of rotatable bonds is 8. The molecular weight excluding hydrogens is 272 g/mol. The number of nitrogens with one attached hydrogen (secondary N) is 1. The summed E-state index contributed by atoms with van der Waals surface area (Å²) < 4.78 is 27.4. The summed E-state index contributed by atoms with van der Waals surface area (Å²) in [5.41, 5.74) is -0.0827. The van der Waals surface area contributed by atoms with Gasteiger partial charge < -0.3 is 14.8 Å². The van der Waals surface area contributed by atoms with Crippen LogP contribution in [0.4, 0.5) is 0 Å². The average molecular weight is 290 g/mol. The molecule has 1 heterocycles. The molecule has 0 aliphatic carbocycles. The van der Waals surface area contributed by atoms with Gasteiger partial charge in [-0.15, -0.1) is 0 Å². The van der Waals surface area contributed by atoms with Gasteiger partial charge in [0, 0.05) is 26.4 Å². The molecule has 0 unspecified atom stereocenters. The van der Waals surface area contributed by atoms with E-state index in [0.717, 1.165) is 12.5 Å². The molecular formula is C11H18N2O5S. The van der Waals surface area contributed by atoms with E-state index in [-0.39, 0.29) is 23.7 Å². The van der Waals surface area contributed by atoms with Gasteiger partial charge in [0.15, 0.2) is 0 Å². The van der Waals surface area contributed by atoms with Crippen molar-refractivity contribution in [3.8, 4) is 0 Å². The first-order valence-electron chi connectivity index (χ1n) is 5.88. The highest BCUT2D eigenvalue weighted by Gasteiger charge is 2.19. The Morgan fingerprint density at radius 1 is 1.37 bits per heavy atom. The molecule has 1 rings (SSSR count). The first-order chi connectivity index (χ1) is 8.88. The number of aromatic nitrogens is 1. The second kappa shape index (κ2) is 6.69. The minimum absolute atomic E-state index is 0.0606. The van der Waals surface area contributed by atoms with Crippen LogP contribution in [0.2, 0.25) is 0 Å². The van der Waals surface area contributed by atoms with Crippen LogP contribution in [0.15, 0.2) is 17.2 Å². The molecule has 8 heteroatoms. The summed E-state index contributed by atoms with van der Waals surface area (Å²) in [4.78, 5) is 10.8. The van der Waals surface area contributed by atoms with E-state index in [1.165, 1.54) is 17.8 Å². The quantitative estimate of drug-likeness (QED) is 0.591. The second-order valence-electron chi connectivity index (χ2n) is 4.16. The van der Waals surface area contributed by atoms with Gasteiger partial charge in [-0.1, -0.05) is 0 Å². The minimum Gasteiger partial charge on any atom is -0.477 e. The molecule has 0 aliphatic rings. The van der Waals surface area contributed by atoms with Gasteiger partial charge in [0.25, 0.3) is 0 Å². The van der Waals surface area contributed by atoms with E-state index in [2.05, 4.69) is 4.72 Å².